The summed E-state index contributed by atoms with van der Waals surface area (Å²) >= 11 is 0. The van der Waals surface area contributed by atoms with Gasteiger partial charge in [-0.05, 0) is 50.8 Å². The third kappa shape index (κ3) is 4.83. The maximum Gasteiger partial charge on any atom is 0.138 e. The van der Waals surface area contributed by atoms with E-state index in [1.54, 1.807) is 6.20 Å². The van der Waals surface area contributed by atoms with E-state index in [0.29, 0.717) is 6.04 Å². The molecule has 1 aromatic heterocycles. The SMILES string of the molecule is CCCNC(CC1CC1)c1cncc(OC(C)C)c1. The fourth-order valence-corrected chi connectivity index (χ4v) is 2.31. The van der Waals surface area contributed by atoms with Gasteiger partial charge in [-0.1, -0.05) is 19.8 Å². The fraction of sp³-hybridized carbons (Fsp3) is 0.688. The van der Waals surface area contributed by atoms with Crippen molar-refractivity contribution >= 4 is 0 Å². The fourth-order valence-electron chi connectivity index (χ4n) is 2.31. The van der Waals surface area contributed by atoms with Gasteiger partial charge in [0.05, 0.1) is 12.3 Å². The maximum atomic E-state index is 5.74. The molecule has 1 fully saturated rings. The van der Waals surface area contributed by atoms with Crippen molar-refractivity contribution < 1.29 is 4.74 Å². The molecule has 1 atom stereocenters. The van der Waals surface area contributed by atoms with E-state index in [1.165, 1.54) is 24.8 Å². The topological polar surface area (TPSA) is 34.2 Å². The minimum atomic E-state index is 0.197. The first-order valence-corrected chi connectivity index (χ1v) is 7.54. The first-order chi connectivity index (χ1) is 9.19. The van der Waals surface area contributed by atoms with Crippen molar-refractivity contribution in [3.8, 4) is 5.75 Å². The van der Waals surface area contributed by atoms with Gasteiger partial charge in [0.25, 0.3) is 0 Å². The van der Waals surface area contributed by atoms with Crippen molar-refractivity contribution in [1.82, 2.24) is 10.3 Å². The maximum absolute atomic E-state index is 5.74. The summed E-state index contributed by atoms with van der Waals surface area (Å²) in [5, 5.41) is 3.64. The van der Waals surface area contributed by atoms with E-state index >= 15 is 0 Å². The Morgan fingerprint density at radius 1 is 1.37 bits per heavy atom. The molecule has 0 aliphatic heterocycles. The van der Waals surface area contributed by atoms with E-state index in [4.69, 9.17) is 4.74 Å². The minimum absolute atomic E-state index is 0.197. The van der Waals surface area contributed by atoms with E-state index < -0.39 is 0 Å². The Labute approximate surface area is 116 Å². The summed E-state index contributed by atoms with van der Waals surface area (Å²) in [5.74, 6) is 1.79. The van der Waals surface area contributed by atoms with Gasteiger partial charge in [-0.15, -0.1) is 0 Å². The molecule has 3 heteroatoms. The van der Waals surface area contributed by atoms with Crippen LogP contribution in [0.2, 0.25) is 0 Å². The number of hydrogen-bond acceptors (Lipinski definition) is 3. The lowest BCUT2D eigenvalue weighted by molar-refractivity contribution is 0.241. The highest BCUT2D eigenvalue weighted by molar-refractivity contribution is 5.26. The monoisotopic (exact) mass is 262 g/mol. The molecule has 0 saturated heterocycles. The molecule has 1 N–H and O–H groups in total. The second-order valence-corrected chi connectivity index (χ2v) is 5.81. The summed E-state index contributed by atoms with van der Waals surface area (Å²) in [6, 6.07) is 2.57. The van der Waals surface area contributed by atoms with Crippen LogP contribution in [0.3, 0.4) is 0 Å². The molecule has 106 valence electrons. The summed E-state index contributed by atoms with van der Waals surface area (Å²) < 4.78 is 5.74. The Morgan fingerprint density at radius 3 is 2.79 bits per heavy atom. The minimum Gasteiger partial charge on any atom is -0.489 e. The van der Waals surface area contributed by atoms with Crippen LogP contribution in [-0.2, 0) is 0 Å². The Kier molecular flexibility index (Phi) is 5.20. The lowest BCUT2D eigenvalue weighted by Crippen LogP contribution is -2.23. The van der Waals surface area contributed by atoms with Crippen molar-refractivity contribution in [3.63, 3.8) is 0 Å². The zero-order chi connectivity index (χ0) is 13.7. The standard InChI is InChI=1S/C16H26N2O/c1-4-7-18-16(8-13-5-6-13)14-9-15(11-17-10-14)19-12(2)3/h9-13,16,18H,4-8H2,1-3H3. The number of pyridine rings is 1. The number of nitrogens with zero attached hydrogens (tertiary/aromatic N) is 1. The van der Waals surface area contributed by atoms with E-state index in [2.05, 4.69) is 23.3 Å². The van der Waals surface area contributed by atoms with Crippen molar-refractivity contribution in [3.05, 3.63) is 24.0 Å². The molecule has 0 aromatic carbocycles. The number of rotatable bonds is 8. The zero-order valence-electron chi connectivity index (χ0n) is 12.4. The highest BCUT2D eigenvalue weighted by Crippen LogP contribution is 2.38. The molecule has 3 nitrogen and oxygen atoms in total. The summed E-state index contributed by atoms with van der Waals surface area (Å²) in [7, 11) is 0. The van der Waals surface area contributed by atoms with Crippen LogP contribution >= 0.6 is 0 Å². The average Bonchev–Trinajstić information content (AvgIpc) is 3.18. The van der Waals surface area contributed by atoms with Crippen LogP contribution < -0.4 is 10.1 Å². The van der Waals surface area contributed by atoms with Crippen molar-refractivity contribution in [1.29, 1.82) is 0 Å². The molecule has 2 rings (SSSR count). The Balaban J connectivity index is 2.05. The van der Waals surface area contributed by atoms with Crippen LogP contribution in [0.25, 0.3) is 0 Å². The largest absolute Gasteiger partial charge is 0.489 e. The second kappa shape index (κ2) is 6.90. The molecular formula is C16H26N2O. The van der Waals surface area contributed by atoms with Gasteiger partial charge in [-0.3, -0.25) is 4.98 Å². The third-order valence-corrected chi connectivity index (χ3v) is 3.42. The van der Waals surface area contributed by atoms with Gasteiger partial charge in [-0.25, -0.2) is 0 Å². The van der Waals surface area contributed by atoms with Crippen LogP contribution in [0.4, 0.5) is 0 Å². The summed E-state index contributed by atoms with van der Waals surface area (Å²) in [6.45, 7) is 7.36. The van der Waals surface area contributed by atoms with Crippen molar-refractivity contribution in [2.45, 2.75) is 58.6 Å². The van der Waals surface area contributed by atoms with Crippen LogP contribution in [0.15, 0.2) is 18.5 Å². The molecule has 0 amide bonds. The quantitative estimate of drug-likeness (QED) is 0.775. The number of aromatic nitrogens is 1. The molecule has 0 spiro atoms. The molecule has 1 saturated carbocycles. The lowest BCUT2D eigenvalue weighted by Gasteiger charge is -2.19. The van der Waals surface area contributed by atoms with Crippen LogP contribution in [0.5, 0.6) is 5.75 Å². The number of ether oxygens (including phenoxy) is 1. The molecule has 0 bridgehead atoms. The van der Waals surface area contributed by atoms with Gasteiger partial charge in [-0.2, -0.15) is 0 Å². The summed E-state index contributed by atoms with van der Waals surface area (Å²) in [4.78, 5) is 4.33. The highest BCUT2D eigenvalue weighted by Gasteiger charge is 2.26. The van der Waals surface area contributed by atoms with Gasteiger partial charge >= 0.3 is 0 Å². The van der Waals surface area contributed by atoms with Crippen LogP contribution in [-0.4, -0.2) is 17.6 Å². The lowest BCUT2D eigenvalue weighted by atomic mass is 10.0. The third-order valence-electron chi connectivity index (χ3n) is 3.42. The molecule has 0 radical (unpaired) electrons. The first-order valence-electron chi connectivity index (χ1n) is 7.54. The van der Waals surface area contributed by atoms with Gasteiger partial charge < -0.3 is 10.1 Å². The van der Waals surface area contributed by atoms with E-state index in [-0.39, 0.29) is 6.10 Å². The Morgan fingerprint density at radius 2 is 2.16 bits per heavy atom. The first kappa shape index (κ1) is 14.3. The van der Waals surface area contributed by atoms with E-state index in [0.717, 1.165) is 24.6 Å². The van der Waals surface area contributed by atoms with Gasteiger partial charge in [0, 0.05) is 12.2 Å². The smallest absolute Gasteiger partial charge is 0.138 e. The van der Waals surface area contributed by atoms with E-state index in [1.807, 2.05) is 20.0 Å². The molecular weight excluding hydrogens is 236 g/mol. The number of nitrogens with one attached hydrogen (secondary N) is 1. The predicted molar refractivity (Wildman–Crippen MR) is 78.4 cm³/mol. The second-order valence-electron chi connectivity index (χ2n) is 5.81. The highest BCUT2D eigenvalue weighted by atomic mass is 16.5. The average molecular weight is 262 g/mol. The van der Waals surface area contributed by atoms with Crippen molar-refractivity contribution in [2.75, 3.05) is 6.54 Å². The van der Waals surface area contributed by atoms with Gasteiger partial charge in [0.2, 0.25) is 0 Å². The zero-order valence-corrected chi connectivity index (χ0v) is 12.4. The number of hydrogen-bond donors (Lipinski definition) is 1. The molecule has 1 heterocycles. The summed E-state index contributed by atoms with van der Waals surface area (Å²) in [5.41, 5.74) is 1.26. The molecule has 1 aromatic rings. The molecule has 1 aliphatic carbocycles. The Bertz CT molecular complexity index is 388. The molecule has 1 unspecified atom stereocenters. The van der Waals surface area contributed by atoms with Crippen molar-refractivity contribution in [2.24, 2.45) is 5.92 Å². The normalized spacial score (nSPS) is 16.6. The van der Waals surface area contributed by atoms with Gasteiger partial charge in [0.1, 0.15) is 5.75 Å². The summed E-state index contributed by atoms with van der Waals surface area (Å²) in [6.07, 6.45) is 9.15. The van der Waals surface area contributed by atoms with Crippen LogP contribution in [0.1, 0.15) is 58.1 Å². The molecule has 1 aliphatic rings. The van der Waals surface area contributed by atoms with Crippen LogP contribution in [0, 0.1) is 5.92 Å². The predicted octanol–water partition coefficient (Wildman–Crippen LogP) is 3.71. The van der Waals surface area contributed by atoms with E-state index in [9.17, 15) is 0 Å². The molecule has 19 heavy (non-hydrogen) atoms. The van der Waals surface area contributed by atoms with Gasteiger partial charge in [0.15, 0.2) is 0 Å². The Hall–Kier alpha value is -1.09.